The second-order valence-corrected chi connectivity index (χ2v) is 27.5. The van der Waals surface area contributed by atoms with Gasteiger partial charge in [0.1, 0.15) is 48.3 Å². The molecule has 1 spiro atoms. The van der Waals surface area contributed by atoms with E-state index in [0.29, 0.717) is 82.0 Å². The van der Waals surface area contributed by atoms with E-state index in [-0.39, 0.29) is 84.8 Å². The largest absolute Gasteiger partial charge is 0.378 e. The molecular formula is C66H95F2N13O7. The number of benzene rings is 2. The van der Waals surface area contributed by atoms with Crippen molar-refractivity contribution < 1.29 is 42.2 Å². The zero-order chi connectivity index (χ0) is 61.5. The van der Waals surface area contributed by atoms with Crippen molar-refractivity contribution >= 4 is 46.9 Å². The van der Waals surface area contributed by atoms with Crippen molar-refractivity contribution in [3.63, 3.8) is 0 Å². The lowest BCUT2D eigenvalue weighted by Gasteiger charge is -2.48. The van der Waals surface area contributed by atoms with E-state index in [1.54, 1.807) is 30.1 Å². The summed E-state index contributed by atoms with van der Waals surface area (Å²) in [4.78, 5) is 88.5. The molecule has 8 aliphatic rings. The molecule has 8 atom stereocenters. The maximum absolute atomic E-state index is 15.8. The molecule has 11 rings (SSSR count). The summed E-state index contributed by atoms with van der Waals surface area (Å²) in [5.74, 6) is 0.179. The van der Waals surface area contributed by atoms with Gasteiger partial charge < -0.3 is 61.0 Å². The molecule has 2 aromatic carbocycles. The van der Waals surface area contributed by atoms with Crippen LogP contribution in [0.1, 0.15) is 133 Å². The molecule has 1 aromatic heterocycles. The van der Waals surface area contributed by atoms with E-state index in [0.717, 1.165) is 121 Å². The first-order valence-electron chi connectivity index (χ1n) is 32.9. The lowest BCUT2D eigenvalue weighted by atomic mass is 9.82. The van der Waals surface area contributed by atoms with Crippen molar-refractivity contribution in [2.45, 2.75) is 165 Å². The molecular weight excluding hydrogens is 1120 g/mol. The Morgan fingerprint density at radius 1 is 0.830 bits per heavy atom. The van der Waals surface area contributed by atoms with Gasteiger partial charge in [0.05, 0.1) is 49.2 Å². The molecule has 5 amide bonds. The summed E-state index contributed by atoms with van der Waals surface area (Å²) in [5.41, 5.74) is 2.48. The molecule has 7 fully saturated rings. The second-order valence-electron chi connectivity index (χ2n) is 27.5. The number of rotatable bonds is 22. The number of carbonyl (C=O) groups is 5. The standard InChI is InChI=1S/C66H95F2N13O7/c1-43(69-4)62(84)75-61(45-12-6-5-7-13-45)64(86)81-38-49(32-56(81)63(85)74-54-16-10-14-44-11-8-9-15-51(44)54)73-60(83)40-88-50-29-46-35-78(36-47(46)30-50)26-28-87-27-21-70-57-34-58(72-42-71-57)79-24-19-66(20-25-79)41-80(39-59(82)76-66)55-33-52(67)48(31-53(55)68)37-77-22-17-65(2,3)18-23-77/h8-9,11,15,31,33-34,42-43,45-47,49-50,54,56,61,69H,5-7,10,12-14,16-30,32,35-41H2,1-4H3,(H,73,83)(H,74,85)(H,75,84)(H,76,82)(H,70,71,72)/t43-,46-,47+,49?,50?,54-,56-,61-/m0/s1. The Kier molecular flexibility index (Phi) is 20.5. The smallest absolute Gasteiger partial charge is 0.246 e. The molecule has 2 saturated carbocycles. The number of likely N-dealkylation sites (tertiary alicyclic amines) is 3. The lowest BCUT2D eigenvalue weighted by Crippen LogP contribution is -2.66. The Morgan fingerprint density at radius 2 is 1.59 bits per heavy atom. The minimum Gasteiger partial charge on any atom is -0.378 e. The van der Waals surface area contributed by atoms with Crippen molar-refractivity contribution in [3.8, 4) is 0 Å². The number of hydrogen-bond acceptors (Lipinski definition) is 15. The zero-order valence-corrected chi connectivity index (χ0v) is 52.3. The number of amides is 5. The van der Waals surface area contributed by atoms with Crippen molar-refractivity contribution in [2.75, 3.05) is 114 Å². The summed E-state index contributed by atoms with van der Waals surface area (Å²) in [5, 5.41) is 19.1. The average molecular weight is 1220 g/mol. The predicted octanol–water partition coefficient (Wildman–Crippen LogP) is 5.46. The number of piperidine rings is 2. The molecule has 3 aliphatic carbocycles. The Hall–Kier alpha value is -6.07. The van der Waals surface area contributed by atoms with Crippen LogP contribution in [0.3, 0.4) is 0 Å². The van der Waals surface area contributed by atoms with Crippen molar-refractivity contribution in [1.29, 1.82) is 0 Å². The number of nitrogens with one attached hydrogen (secondary N) is 6. The van der Waals surface area contributed by atoms with Gasteiger partial charge in [0.2, 0.25) is 29.5 Å². The van der Waals surface area contributed by atoms with Crippen LogP contribution in [0, 0.1) is 34.8 Å². The number of halogens is 2. The third-order valence-electron chi connectivity index (χ3n) is 20.8. The number of aromatic nitrogens is 2. The Bertz CT molecular complexity index is 2920. The number of hydrogen-bond donors (Lipinski definition) is 6. The normalized spacial score (nSPS) is 26.2. The summed E-state index contributed by atoms with van der Waals surface area (Å²) < 4.78 is 43.7. The van der Waals surface area contributed by atoms with Gasteiger partial charge in [-0.15, -0.1) is 0 Å². The molecule has 480 valence electrons. The van der Waals surface area contributed by atoms with Crippen molar-refractivity contribution in [1.82, 2.24) is 51.3 Å². The number of carbonyl (C=O) groups excluding carboxylic acids is 5. The van der Waals surface area contributed by atoms with Gasteiger partial charge in [0, 0.05) is 82.6 Å². The number of aryl methyl sites for hydroxylation is 1. The van der Waals surface area contributed by atoms with Crippen LogP contribution >= 0.6 is 0 Å². The van der Waals surface area contributed by atoms with Crippen LogP contribution in [0.2, 0.25) is 0 Å². The summed E-state index contributed by atoms with van der Waals surface area (Å²) in [6.45, 7) is 14.4. The second kappa shape index (κ2) is 28.4. The van der Waals surface area contributed by atoms with Crippen LogP contribution in [0.15, 0.2) is 48.8 Å². The zero-order valence-electron chi connectivity index (χ0n) is 52.3. The number of nitrogens with zero attached hydrogens (tertiary/aromatic N) is 7. The van der Waals surface area contributed by atoms with E-state index < -0.39 is 41.3 Å². The lowest BCUT2D eigenvalue weighted by molar-refractivity contribution is -0.143. The van der Waals surface area contributed by atoms with Crippen LogP contribution in [-0.2, 0) is 46.4 Å². The Morgan fingerprint density at radius 3 is 2.35 bits per heavy atom. The van der Waals surface area contributed by atoms with Gasteiger partial charge in [-0.1, -0.05) is 57.4 Å². The number of fused-ring (bicyclic) bond motifs is 2. The molecule has 2 unspecified atom stereocenters. The highest BCUT2D eigenvalue weighted by molar-refractivity contribution is 5.94. The van der Waals surface area contributed by atoms with Gasteiger partial charge in [-0.3, -0.25) is 28.9 Å². The Balaban J connectivity index is 0.591. The van der Waals surface area contributed by atoms with Gasteiger partial charge in [-0.2, -0.15) is 0 Å². The quantitative estimate of drug-likeness (QED) is 0.0689. The fraction of sp³-hybridized carbons (Fsp3) is 0.682. The number of ether oxygens (including phenoxy) is 2. The first kappa shape index (κ1) is 63.5. The van der Waals surface area contributed by atoms with Gasteiger partial charge >= 0.3 is 0 Å². The van der Waals surface area contributed by atoms with E-state index in [4.69, 9.17) is 9.47 Å². The third kappa shape index (κ3) is 15.6. The van der Waals surface area contributed by atoms with Gasteiger partial charge in [-0.25, -0.2) is 18.7 Å². The highest BCUT2D eigenvalue weighted by atomic mass is 19.1. The molecule has 5 saturated heterocycles. The van der Waals surface area contributed by atoms with Gasteiger partial charge in [0.25, 0.3) is 0 Å². The maximum atomic E-state index is 15.8. The predicted molar refractivity (Wildman–Crippen MR) is 332 cm³/mol. The molecule has 3 aromatic rings. The third-order valence-corrected chi connectivity index (χ3v) is 20.8. The highest BCUT2D eigenvalue weighted by Crippen LogP contribution is 2.40. The molecule has 0 bridgehead atoms. The number of likely N-dealkylation sites (N-methyl/N-ethyl adjacent to an activating group) is 1. The van der Waals surface area contributed by atoms with E-state index in [2.05, 4.69) is 82.5 Å². The first-order valence-corrected chi connectivity index (χ1v) is 32.9. The molecule has 5 aliphatic heterocycles. The fourth-order valence-corrected chi connectivity index (χ4v) is 15.4. The summed E-state index contributed by atoms with van der Waals surface area (Å²) in [6.07, 6.45) is 14.2. The van der Waals surface area contributed by atoms with Crippen LogP contribution in [0.25, 0.3) is 0 Å². The van der Waals surface area contributed by atoms with Gasteiger partial charge in [0.15, 0.2) is 0 Å². The average Bonchev–Trinajstić information content (AvgIpc) is 2.06. The van der Waals surface area contributed by atoms with Crippen molar-refractivity contribution in [3.05, 3.63) is 77.1 Å². The van der Waals surface area contributed by atoms with Crippen LogP contribution in [-0.4, -0.2) is 189 Å². The molecule has 6 heterocycles. The van der Waals surface area contributed by atoms with Crippen LogP contribution in [0.4, 0.5) is 26.1 Å². The first-order chi connectivity index (χ1) is 42.5. The summed E-state index contributed by atoms with van der Waals surface area (Å²) in [7, 11) is 1.71. The SMILES string of the molecule is CN[C@@H](C)C(=O)N[C@H](C(=O)N1CC(NC(=O)COC2C[C@@H]3CN(CCOCCNc4cc(N5CCC6(CC5)CN(c5cc(F)c(CN7CCC(C)(C)CC7)cc5F)CC(=O)N6)ncn4)C[C@@H]3C2)C[C@H]1C(=O)N[C@H]1CCCc2ccccc21)C1CCCCC1. The topological polar surface area (TPSA) is 218 Å². The maximum Gasteiger partial charge on any atom is 0.246 e. The number of piperazine rings is 1. The van der Waals surface area contributed by atoms with Crippen LogP contribution < -0.4 is 41.7 Å². The summed E-state index contributed by atoms with van der Waals surface area (Å²) in [6, 6.07) is 9.99. The van der Waals surface area contributed by atoms with Gasteiger partial charge in [-0.05, 0) is 144 Å². The van der Waals surface area contributed by atoms with E-state index >= 15 is 8.78 Å². The molecule has 88 heavy (non-hydrogen) atoms. The number of anilines is 3. The molecule has 20 nitrogen and oxygen atoms in total. The fourth-order valence-electron chi connectivity index (χ4n) is 15.4. The molecule has 0 radical (unpaired) electrons. The minimum absolute atomic E-state index is 0.0277. The van der Waals surface area contributed by atoms with Crippen LogP contribution in [0.5, 0.6) is 0 Å². The molecule has 6 N–H and O–H groups in total. The monoisotopic (exact) mass is 1220 g/mol. The van der Waals surface area contributed by atoms with E-state index in [9.17, 15) is 24.0 Å². The Labute approximate surface area is 518 Å². The molecule has 22 heteroatoms. The highest BCUT2D eigenvalue weighted by Gasteiger charge is 2.47. The summed E-state index contributed by atoms with van der Waals surface area (Å²) >= 11 is 0. The minimum atomic E-state index is -0.814. The van der Waals surface area contributed by atoms with Crippen molar-refractivity contribution in [2.24, 2.45) is 23.2 Å². The van der Waals surface area contributed by atoms with E-state index in [1.165, 1.54) is 17.7 Å². The van der Waals surface area contributed by atoms with E-state index in [1.807, 2.05) is 18.2 Å².